The molecule has 0 saturated carbocycles. The summed E-state index contributed by atoms with van der Waals surface area (Å²) in [5.41, 5.74) is 0.499. The molecule has 2 N–H and O–H groups in total. The maximum absolute atomic E-state index is 14.6. The van der Waals surface area contributed by atoms with Crippen LogP contribution in [0.25, 0.3) is 22.4 Å². The van der Waals surface area contributed by atoms with Gasteiger partial charge in [-0.3, -0.25) is 5.10 Å². The lowest BCUT2D eigenvalue weighted by Gasteiger charge is -2.45. The molecule has 0 bridgehead atoms. The molecule has 1 fully saturated rings. The van der Waals surface area contributed by atoms with Crippen molar-refractivity contribution >= 4 is 16.9 Å². The molecule has 0 radical (unpaired) electrons. The first-order chi connectivity index (χ1) is 13.4. The summed E-state index contributed by atoms with van der Waals surface area (Å²) in [6, 6.07) is 6.75. The molecule has 1 aliphatic heterocycles. The standard InChI is InChI=1S/C21H26FN5O/c1-13(2)11-21(28)12-27(10-8-14(21)3)17-7-6-16(22)19(24-17)18-15-5-4-9-23-20(15)26-25-18/h4-7,9,13-14,28H,8,10-12H2,1-3H3,(H,23,25,26)/t14-,21-/m1/s1. The summed E-state index contributed by atoms with van der Waals surface area (Å²) < 4.78 is 14.6. The lowest BCUT2D eigenvalue weighted by atomic mass is 9.77. The molecule has 148 valence electrons. The quantitative estimate of drug-likeness (QED) is 0.717. The van der Waals surface area contributed by atoms with E-state index in [4.69, 9.17) is 0 Å². The Bertz CT molecular complexity index is 988. The highest BCUT2D eigenvalue weighted by molar-refractivity contribution is 5.89. The van der Waals surface area contributed by atoms with Crippen LogP contribution in [0.1, 0.15) is 33.6 Å². The van der Waals surface area contributed by atoms with Crippen molar-refractivity contribution in [3.8, 4) is 11.4 Å². The smallest absolute Gasteiger partial charge is 0.181 e. The van der Waals surface area contributed by atoms with E-state index in [9.17, 15) is 9.50 Å². The van der Waals surface area contributed by atoms with Gasteiger partial charge in [0.05, 0.1) is 11.3 Å². The topological polar surface area (TPSA) is 77.9 Å². The summed E-state index contributed by atoms with van der Waals surface area (Å²) in [5.74, 6) is 0.861. The van der Waals surface area contributed by atoms with Gasteiger partial charge in [-0.1, -0.05) is 20.8 Å². The van der Waals surface area contributed by atoms with E-state index in [0.29, 0.717) is 29.6 Å². The number of aromatic amines is 1. The number of aliphatic hydroxyl groups is 1. The third kappa shape index (κ3) is 3.35. The van der Waals surface area contributed by atoms with Gasteiger partial charge in [0.1, 0.15) is 11.5 Å². The summed E-state index contributed by atoms with van der Waals surface area (Å²) in [6.07, 6.45) is 3.25. The number of anilines is 1. The van der Waals surface area contributed by atoms with Crippen LogP contribution >= 0.6 is 0 Å². The maximum Gasteiger partial charge on any atom is 0.181 e. The second kappa shape index (κ2) is 7.13. The van der Waals surface area contributed by atoms with Crippen LogP contribution in [0, 0.1) is 17.7 Å². The molecule has 2 atom stereocenters. The number of β-amino-alcohol motifs (C(OH)–C–C–N with tert-alkyl or cyclic N) is 1. The van der Waals surface area contributed by atoms with Crippen LogP contribution in [-0.2, 0) is 0 Å². The summed E-state index contributed by atoms with van der Waals surface area (Å²) in [4.78, 5) is 10.8. The lowest BCUT2D eigenvalue weighted by Crippen LogP contribution is -2.54. The number of hydrogen-bond donors (Lipinski definition) is 2. The van der Waals surface area contributed by atoms with Crippen molar-refractivity contribution in [2.24, 2.45) is 11.8 Å². The minimum Gasteiger partial charge on any atom is -0.388 e. The summed E-state index contributed by atoms with van der Waals surface area (Å²) in [6.45, 7) is 7.62. The highest BCUT2D eigenvalue weighted by Crippen LogP contribution is 2.35. The highest BCUT2D eigenvalue weighted by atomic mass is 19.1. The van der Waals surface area contributed by atoms with Crippen LogP contribution in [0.5, 0.6) is 0 Å². The molecule has 1 aliphatic rings. The van der Waals surface area contributed by atoms with Crippen LogP contribution in [0.15, 0.2) is 30.5 Å². The number of hydrogen-bond acceptors (Lipinski definition) is 5. The fraction of sp³-hybridized carbons (Fsp3) is 0.476. The number of H-pyrrole nitrogens is 1. The van der Waals surface area contributed by atoms with Gasteiger partial charge in [-0.25, -0.2) is 14.4 Å². The van der Waals surface area contributed by atoms with Crippen molar-refractivity contribution in [3.05, 3.63) is 36.3 Å². The molecular weight excluding hydrogens is 357 g/mol. The van der Waals surface area contributed by atoms with Gasteiger partial charge in [0.2, 0.25) is 0 Å². The largest absolute Gasteiger partial charge is 0.388 e. The van der Waals surface area contributed by atoms with E-state index >= 15 is 0 Å². The predicted molar refractivity (Wildman–Crippen MR) is 107 cm³/mol. The summed E-state index contributed by atoms with van der Waals surface area (Å²) >= 11 is 0. The fourth-order valence-electron chi connectivity index (χ4n) is 4.17. The molecule has 0 aromatic carbocycles. The summed E-state index contributed by atoms with van der Waals surface area (Å²) in [7, 11) is 0. The Hall–Kier alpha value is -2.54. The molecule has 28 heavy (non-hydrogen) atoms. The Morgan fingerprint density at radius 2 is 2.18 bits per heavy atom. The number of fused-ring (bicyclic) bond motifs is 1. The van der Waals surface area contributed by atoms with Crippen molar-refractivity contribution in [3.63, 3.8) is 0 Å². The van der Waals surface area contributed by atoms with Crippen molar-refractivity contribution < 1.29 is 9.50 Å². The van der Waals surface area contributed by atoms with Crippen LogP contribution in [0.3, 0.4) is 0 Å². The van der Waals surface area contributed by atoms with E-state index < -0.39 is 11.4 Å². The van der Waals surface area contributed by atoms with Gasteiger partial charge < -0.3 is 10.0 Å². The Morgan fingerprint density at radius 3 is 2.96 bits per heavy atom. The van der Waals surface area contributed by atoms with E-state index in [1.807, 2.05) is 6.07 Å². The molecule has 1 saturated heterocycles. The molecule has 6 nitrogen and oxygen atoms in total. The third-order valence-electron chi connectivity index (χ3n) is 5.70. The van der Waals surface area contributed by atoms with Crippen molar-refractivity contribution in [2.75, 3.05) is 18.0 Å². The first-order valence-corrected chi connectivity index (χ1v) is 9.81. The zero-order chi connectivity index (χ0) is 19.9. The fourth-order valence-corrected chi connectivity index (χ4v) is 4.17. The third-order valence-corrected chi connectivity index (χ3v) is 5.70. The van der Waals surface area contributed by atoms with E-state index in [2.05, 4.69) is 45.8 Å². The average Bonchev–Trinajstić information content (AvgIpc) is 3.08. The van der Waals surface area contributed by atoms with Gasteiger partial charge in [0.25, 0.3) is 0 Å². The zero-order valence-corrected chi connectivity index (χ0v) is 16.5. The van der Waals surface area contributed by atoms with Crippen LogP contribution in [0.4, 0.5) is 10.2 Å². The summed E-state index contributed by atoms with van der Waals surface area (Å²) in [5, 5.41) is 19.0. The van der Waals surface area contributed by atoms with E-state index in [1.165, 1.54) is 6.07 Å². The number of nitrogens with one attached hydrogen (secondary N) is 1. The van der Waals surface area contributed by atoms with Gasteiger partial charge in [-0.15, -0.1) is 0 Å². The molecule has 4 rings (SSSR count). The Labute approximate surface area is 163 Å². The zero-order valence-electron chi connectivity index (χ0n) is 16.5. The molecule has 0 spiro atoms. The SMILES string of the molecule is CC(C)C[C@@]1(O)CN(c2ccc(F)c(-c3[nH]nc4ncccc34)n2)CC[C@H]1C. The van der Waals surface area contributed by atoms with Gasteiger partial charge in [0, 0.05) is 24.7 Å². The van der Waals surface area contributed by atoms with E-state index in [1.54, 1.807) is 18.3 Å². The Kier molecular flexibility index (Phi) is 4.79. The number of piperidine rings is 1. The normalized spacial score (nSPS) is 22.9. The molecule has 4 heterocycles. The average molecular weight is 383 g/mol. The molecule has 0 unspecified atom stereocenters. The van der Waals surface area contributed by atoms with Gasteiger partial charge in [0.15, 0.2) is 11.5 Å². The number of nitrogens with zero attached hydrogens (tertiary/aromatic N) is 4. The van der Waals surface area contributed by atoms with Gasteiger partial charge in [-0.2, -0.15) is 5.10 Å². The maximum atomic E-state index is 14.6. The predicted octanol–water partition coefficient (Wildman–Crippen LogP) is 3.78. The van der Waals surface area contributed by atoms with E-state index in [-0.39, 0.29) is 11.6 Å². The first kappa shape index (κ1) is 18.8. The van der Waals surface area contributed by atoms with E-state index in [0.717, 1.165) is 24.8 Å². The minimum atomic E-state index is -0.771. The number of aromatic nitrogens is 4. The second-order valence-corrected chi connectivity index (χ2v) is 8.29. The lowest BCUT2D eigenvalue weighted by molar-refractivity contribution is -0.0364. The molecule has 0 aliphatic carbocycles. The minimum absolute atomic E-state index is 0.216. The number of pyridine rings is 2. The van der Waals surface area contributed by atoms with Crippen molar-refractivity contribution in [1.29, 1.82) is 0 Å². The molecular formula is C21H26FN5O. The van der Waals surface area contributed by atoms with Crippen molar-refractivity contribution in [2.45, 2.75) is 39.2 Å². The Balaban J connectivity index is 1.69. The first-order valence-electron chi connectivity index (χ1n) is 9.81. The molecule has 7 heteroatoms. The van der Waals surface area contributed by atoms with Crippen LogP contribution in [0.2, 0.25) is 0 Å². The van der Waals surface area contributed by atoms with Crippen LogP contribution < -0.4 is 4.90 Å². The van der Waals surface area contributed by atoms with Gasteiger partial charge >= 0.3 is 0 Å². The highest BCUT2D eigenvalue weighted by Gasteiger charge is 2.40. The molecule has 3 aromatic rings. The van der Waals surface area contributed by atoms with Gasteiger partial charge in [-0.05, 0) is 48.9 Å². The second-order valence-electron chi connectivity index (χ2n) is 8.29. The number of rotatable bonds is 4. The van der Waals surface area contributed by atoms with Crippen LogP contribution in [-0.4, -0.2) is 44.0 Å². The number of halogens is 1. The molecule has 0 amide bonds. The molecule has 3 aromatic heterocycles. The Morgan fingerprint density at radius 1 is 1.36 bits per heavy atom. The van der Waals surface area contributed by atoms with Crippen molar-refractivity contribution in [1.82, 2.24) is 20.2 Å². The monoisotopic (exact) mass is 383 g/mol.